The molecule has 2 heterocycles. The van der Waals surface area contributed by atoms with Crippen molar-refractivity contribution in [3.8, 4) is 56.0 Å². The average Bonchev–Trinajstić information content (AvgIpc) is 3.97. The molecule has 4 heteroatoms. The summed E-state index contributed by atoms with van der Waals surface area (Å²) in [6.45, 7) is 14.3. The summed E-state index contributed by atoms with van der Waals surface area (Å²) in [5.41, 5.74) is 23.3. The molecule has 3 aliphatic carbocycles. The molecule has 13 rings (SSSR count). The van der Waals surface area contributed by atoms with Gasteiger partial charge in [-0.15, -0.1) is 11.3 Å². The van der Waals surface area contributed by atoms with Crippen LogP contribution >= 0.6 is 11.3 Å². The Morgan fingerprint density at radius 1 is 0.400 bits per heavy atom. The maximum absolute atomic E-state index is 5.61. The van der Waals surface area contributed by atoms with E-state index < -0.39 is 0 Å². The van der Waals surface area contributed by atoms with Crippen LogP contribution in [0.1, 0.15) is 74.9 Å². The van der Waals surface area contributed by atoms with Crippen molar-refractivity contribution in [3.05, 3.63) is 209 Å². The lowest BCUT2D eigenvalue weighted by atomic mass is 9.76. The van der Waals surface area contributed by atoms with E-state index in [1.54, 1.807) is 11.3 Å². The molecule has 10 aromatic rings. The van der Waals surface area contributed by atoms with Gasteiger partial charge in [0.05, 0.1) is 15.9 Å². The number of hydrogen-bond donors (Lipinski definition) is 0. The van der Waals surface area contributed by atoms with Crippen LogP contribution in [-0.4, -0.2) is 9.97 Å². The highest BCUT2D eigenvalue weighted by atomic mass is 32.1. The third-order valence-electron chi connectivity index (χ3n) is 15.1. The van der Waals surface area contributed by atoms with Crippen molar-refractivity contribution >= 4 is 48.7 Å². The quantitative estimate of drug-likeness (QED) is 0.173. The summed E-state index contributed by atoms with van der Waals surface area (Å²) >= 11 is 1.80. The van der Waals surface area contributed by atoms with Crippen molar-refractivity contribution in [2.45, 2.75) is 57.8 Å². The third kappa shape index (κ3) is 5.35. The molecule has 0 aliphatic heterocycles. The molecule has 8 aromatic carbocycles. The van der Waals surface area contributed by atoms with E-state index in [-0.39, 0.29) is 16.2 Å². The first-order chi connectivity index (χ1) is 31.5. The van der Waals surface area contributed by atoms with Crippen LogP contribution < -0.4 is 4.90 Å². The van der Waals surface area contributed by atoms with E-state index in [0.717, 1.165) is 44.4 Å². The van der Waals surface area contributed by atoms with Crippen LogP contribution in [0.4, 0.5) is 17.1 Å². The number of nitrogens with zero attached hydrogens (tertiary/aromatic N) is 3. The normalized spacial score (nSPS) is 15.3. The monoisotopic (exact) mass is 853 g/mol. The van der Waals surface area contributed by atoms with Gasteiger partial charge in [0.15, 0.2) is 5.82 Å². The van der Waals surface area contributed by atoms with Crippen molar-refractivity contribution < 1.29 is 0 Å². The molecule has 0 unspecified atom stereocenters. The van der Waals surface area contributed by atoms with Crippen molar-refractivity contribution in [3.63, 3.8) is 0 Å². The summed E-state index contributed by atoms with van der Waals surface area (Å²) in [7, 11) is 0. The second-order valence-electron chi connectivity index (χ2n) is 19.8. The largest absolute Gasteiger partial charge is 0.310 e. The van der Waals surface area contributed by atoms with E-state index in [9.17, 15) is 0 Å². The number of anilines is 3. The molecule has 0 atom stereocenters. The van der Waals surface area contributed by atoms with Gasteiger partial charge in [-0.05, 0) is 127 Å². The molecule has 0 saturated heterocycles. The fourth-order valence-corrected chi connectivity index (χ4v) is 12.9. The minimum absolute atomic E-state index is 0.0717. The van der Waals surface area contributed by atoms with E-state index >= 15 is 0 Å². The predicted octanol–water partition coefficient (Wildman–Crippen LogP) is 16.6. The lowest BCUT2D eigenvalue weighted by molar-refractivity contribution is 0.640. The fourth-order valence-electron chi connectivity index (χ4n) is 11.8. The number of aromatic nitrogens is 2. The lowest BCUT2D eigenvalue weighted by Crippen LogP contribution is -2.19. The van der Waals surface area contributed by atoms with Gasteiger partial charge in [0.1, 0.15) is 0 Å². The summed E-state index contributed by atoms with van der Waals surface area (Å²) in [5.74, 6) is 0.731. The van der Waals surface area contributed by atoms with Gasteiger partial charge in [-0.3, -0.25) is 0 Å². The average molecular weight is 854 g/mol. The maximum atomic E-state index is 5.61. The van der Waals surface area contributed by atoms with E-state index in [2.05, 4.69) is 222 Å². The number of para-hydroxylation sites is 1. The highest BCUT2D eigenvalue weighted by Gasteiger charge is 2.43. The second-order valence-corrected chi connectivity index (χ2v) is 20.8. The fraction of sp³-hybridized carbons (Fsp3) is 0.148. The molecule has 2 aromatic heterocycles. The Balaban J connectivity index is 0.954. The lowest BCUT2D eigenvalue weighted by Gasteiger charge is -2.28. The topological polar surface area (TPSA) is 29.0 Å². The number of thiophene rings is 1. The van der Waals surface area contributed by atoms with Gasteiger partial charge in [-0.1, -0.05) is 157 Å². The van der Waals surface area contributed by atoms with Crippen molar-refractivity contribution in [2.75, 3.05) is 4.90 Å². The van der Waals surface area contributed by atoms with Gasteiger partial charge in [0.25, 0.3) is 0 Å². The Bertz CT molecular complexity index is 3630. The van der Waals surface area contributed by atoms with Gasteiger partial charge in [-0.2, -0.15) is 0 Å². The van der Waals surface area contributed by atoms with E-state index in [1.807, 2.05) is 0 Å². The van der Waals surface area contributed by atoms with Gasteiger partial charge < -0.3 is 4.90 Å². The molecule has 0 radical (unpaired) electrons. The van der Waals surface area contributed by atoms with Gasteiger partial charge in [-0.25, -0.2) is 9.97 Å². The van der Waals surface area contributed by atoms with Crippen molar-refractivity contribution in [1.29, 1.82) is 0 Å². The van der Waals surface area contributed by atoms with Crippen LogP contribution in [0.25, 0.3) is 76.3 Å². The summed E-state index contributed by atoms with van der Waals surface area (Å²) in [6.07, 6.45) is 0. The molecule has 3 aliphatic rings. The molecular weight excluding hydrogens is 807 g/mol. The number of benzene rings is 8. The highest BCUT2D eigenvalue weighted by molar-refractivity contribution is 7.26. The first-order valence-electron chi connectivity index (χ1n) is 22.8. The maximum Gasteiger partial charge on any atom is 0.160 e. The molecular formula is C61H47N3S. The van der Waals surface area contributed by atoms with Gasteiger partial charge >= 0.3 is 0 Å². The molecule has 0 N–H and O–H groups in total. The molecule has 0 bridgehead atoms. The Hall–Kier alpha value is -7.14. The van der Waals surface area contributed by atoms with Crippen molar-refractivity contribution in [2.24, 2.45) is 0 Å². The van der Waals surface area contributed by atoms with Crippen molar-refractivity contribution in [1.82, 2.24) is 9.97 Å². The van der Waals surface area contributed by atoms with Gasteiger partial charge in [0, 0.05) is 54.5 Å². The van der Waals surface area contributed by atoms with E-state index in [4.69, 9.17) is 9.97 Å². The number of hydrogen-bond acceptors (Lipinski definition) is 4. The summed E-state index contributed by atoms with van der Waals surface area (Å²) in [6, 6.07) is 64.9. The minimum atomic E-state index is -0.257. The Morgan fingerprint density at radius 3 is 1.71 bits per heavy atom. The molecule has 0 spiro atoms. The molecule has 3 nitrogen and oxygen atoms in total. The minimum Gasteiger partial charge on any atom is -0.310 e. The smallest absolute Gasteiger partial charge is 0.160 e. The van der Waals surface area contributed by atoms with Crippen LogP contribution in [0.2, 0.25) is 0 Å². The van der Waals surface area contributed by atoms with Crippen LogP contribution in [0.3, 0.4) is 0 Å². The molecule has 0 fully saturated rings. The predicted molar refractivity (Wildman–Crippen MR) is 273 cm³/mol. The first-order valence-corrected chi connectivity index (χ1v) is 23.6. The van der Waals surface area contributed by atoms with Gasteiger partial charge in [0.2, 0.25) is 0 Å². The van der Waals surface area contributed by atoms with Crippen LogP contribution in [0, 0.1) is 0 Å². The third-order valence-corrected chi connectivity index (χ3v) is 16.2. The van der Waals surface area contributed by atoms with Crippen LogP contribution in [0.5, 0.6) is 0 Å². The number of fused-ring (bicyclic) bond motifs is 12. The van der Waals surface area contributed by atoms with Crippen LogP contribution in [0.15, 0.2) is 176 Å². The zero-order chi connectivity index (χ0) is 44.0. The molecule has 65 heavy (non-hydrogen) atoms. The Kier molecular flexibility index (Phi) is 7.93. The Labute approximate surface area is 384 Å². The summed E-state index contributed by atoms with van der Waals surface area (Å²) in [4.78, 5) is 13.4. The SMILES string of the molecule is CC1(C)c2ccccc2-c2ccc(N(c3ccccc3)c3ccc(-c4nc(-c5cccc6c5C(C)(C)c5cc7c(cc5-6)-c5ccccc5C7(C)C)c5sc6ccccc6c5n4)cc3)cc21. The van der Waals surface area contributed by atoms with E-state index in [0.29, 0.717) is 0 Å². The van der Waals surface area contributed by atoms with Crippen LogP contribution in [-0.2, 0) is 16.2 Å². The Morgan fingerprint density at radius 2 is 0.954 bits per heavy atom. The summed E-state index contributed by atoms with van der Waals surface area (Å²) in [5, 5.41) is 1.17. The zero-order valence-corrected chi connectivity index (χ0v) is 38.3. The molecule has 312 valence electrons. The first kappa shape index (κ1) is 38.3. The van der Waals surface area contributed by atoms with E-state index in [1.165, 1.54) is 82.4 Å². The molecule has 0 saturated carbocycles. The summed E-state index contributed by atoms with van der Waals surface area (Å²) < 4.78 is 2.35. The number of rotatable bonds is 5. The second kappa shape index (κ2) is 13.4. The molecule has 0 amide bonds. The highest BCUT2D eigenvalue weighted by Crippen LogP contribution is 2.58. The standard InChI is InChI=1S/C61H47N3S/c1-59(2)48-24-13-10-19-40(48)42-32-31-39(33-50(42)59)64(37-17-8-7-9-18-37)38-29-27-36(28-30-38)58-62-55-44-21-12-15-26-53(44)65-57(55)56(63-58)45-23-16-22-43-47-34-46-41-20-11-14-25-49(41)60(3,4)51(46)35-52(47)61(5,6)54(43)45/h7-35H,1-6H3. The zero-order valence-electron chi connectivity index (χ0n) is 37.5.